The second-order valence-electron chi connectivity index (χ2n) is 14.9. The fraction of sp³-hybridized carbons (Fsp3) is 0.833. The third-order valence-electron chi connectivity index (χ3n) is 8.64. The number of urea groups is 1. The molecule has 12 nitrogen and oxygen atoms in total. The topological polar surface area (TPSA) is 166 Å². The maximum absolute atomic E-state index is 14.0. The van der Waals surface area contributed by atoms with Gasteiger partial charge in [0.15, 0.2) is 5.78 Å². The molecule has 0 aromatic heterocycles. The van der Waals surface area contributed by atoms with E-state index in [1.54, 1.807) is 41.5 Å². The van der Waals surface area contributed by atoms with Crippen LogP contribution in [0.1, 0.15) is 88.0 Å². The highest BCUT2D eigenvalue weighted by Gasteiger charge is 2.69. The van der Waals surface area contributed by atoms with Crippen molar-refractivity contribution in [3.63, 3.8) is 0 Å². The van der Waals surface area contributed by atoms with Gasteiger partial charge in [-0.2, -0.15) is 0 Å². The number of aliphatic hydroxyl groups excluding tert-OH is 1. The first-order chi connectivity index (χ1) is 19.2. The number of hydrogen-bond acceptors (Lipinski definition) is 7. The summed E-state index contributed by atoms with van der Waals surface area (Å²) in [5.41, 5.74) is -1.51. The number of Topliss-reactive ketones (excluding diaryl/α,β-unsaturated/α-hetero) is 1. The molecule has 0 spiro atoms. The van der Waals surface area contributed by atoms with Crippen LogP contribution in [0.4, 0.5) is 9.59 Å². The van der Waals surface area contributed by atoms with Gasteiger partial charge in [-0.3, -0.25) is 14.4 Å². The minimum absolute atomic E-state index is 0.0721. The number of hydrogen-bond donors (Lipinski definition) is 5. The van der Waals surface area contributed by atoms with E-state index in [2.05, 4.69) is 35.1 Å². The van der Waals surface area contributed by atoms with Crippen molar-refractivity contribution in [3.05, 3.63) is 0 Å². The van der Waals surface area contributed by atoms with Crippen LogP contribution < -0.4 is 21.3 Å². The van der Waals surface area contributed by atoms with Crippen molar-refractivity contribution in [1.29, 1.82) is 0 Å². The Labute approximate surface area is 249 Å². The number of nitrogens with one attached hydrogen (secondary N) is 4. The molecule has 3 rings (SSSR count). The van der Waals surface area contributed by atoms with E-state index < -0.39 is 65.1 Å². The molecule has 42 heavy (non-hydrogen) atoms. The summed E-state index contributed by atoms with van der Waals surface area (Å²) in [5, 5.41) is 21.5. The number of alkyl carbamates (subject to hydrolysis) is 1. The molecule has 5 amide bonds. The van der Waals surface area contributed by atoms with Crippen LogP contribution in [0.3, 0.4) is 0 Å². The summed E-state index contributed by atoms with van der Waals surface area (Å²) in [5.74, 6) is -1.09. The minimum Gasteiger partial charge on any atom is -0.444 e. The van der Waals surface area contributed by atoms with Crippen LogP contribution in [0.2, 0.25) is 0 Å². The Kier molecular flexibility index (Phi) is 9.91. The first-order valence-electron chi connectivity index (χ1n) is 15.1. The minimum atomic E-state index is -1.34. The van der Waals surface area contributed by atoms with Crippen LogP contribution in [-0.2, 0) is 19.1 Å². The number of fused-ring (bicyclic) bond motifs is 1. The van der Waals surface area contributed by atoms with Crippen molar-refractivity contribution >= 4 is 29.7 Å². The molecule has 4 unspecified atom stereocenters. The monoisotopic (exact) mass is 593 g/mol. The molecular weight excluding hydrogens is 542 g/mol. The Hall–Kier alpha value is -2.89. The number of rotatable bonds is 10. The van der Waals surface area contributed by atoms with Crippen LogP contribution in [-0.4, -0.2) is 88.2 Å². The number of aliphatic hydroxyl groups is 1. The lowest BCUT2D eigenvalue weighted by atomic mass is 9.79. The Balaban J connectivity index is 1.82. The molecule has 1 saturated heterocycles. The molecule has 1 aliphatic heterocycles. The van der Waals surface area contributed by atoms with Gasteiger partial charge in [-0.15, -0.1) is 0 Å². The Bertz CT molecular complexity index is 1060. The van der Waals surface area contributed by atoms with Crippen molar-refractivity contribution in [3.8, 4) is 0 Å². The van der Waals surface area contributed by atoms with Gasteiger partial charge >= 0.3 is 12.1 Å². The van der Waals surface area contributed by atoms with Gasteiger partial charge in [0.05, 0.1) is 12.6 Å². The van der Waals surface area contributed by atoms with E-state index in [9.17, 15) is 29.1 Å². The van der Waals surface area contributed by atoms with E-state index in [4.69, 9.17) is 4.74 Å². The van der Waals surface area contributed by atoms with E-state index in [1.807, 2.05) is 0 Å². The summed E-state index contributed by atoms with van der Waals surface area (Å²) in [4.78, 5) is 66.6. The maximum atomic E-state index is 14.0. The Morgan fingerprint density at radius 1 is 1.02 bits per heavy atom. The lowest BCUT2D eigenvalue weighted by Crippen LogP contribution is -2.61. The maximum Gasteiger partial charge on any atom is 0.407 e. The normalized spacial score (nSPS) is 25.2. The second-order valence-corrected chi connectivity index (χ2v) is 14.9. The third-order valence-corrected chi connectivity index (χ3v) is 8.64. The van der Waals surface area contributed by atoms with E-state index in [0.29, 0.717) is 18.9 Å². The fourth-order valence-corrected chi connectivity index (χ4v) is 6.15. The Morgan fingerprint density at radius 3 is 2.14 bits per heavy atom. The van der Waals surface area contributed by atoms with Gasteiger partial charge in [-0.05, 0) is 78.1 Å². The first-order valence-corrected chi connectivity index (χ1v) is 15.1. The summed E-state index contributed by atoms with van der Waals surface area (Å²) in [6.45, 7) is 16.0. The first kappa shape index (κ1) is 33.6. The molecule has 12 heteroatoms. The zero-order valence-corrected chi connectivity index (χ0v) is 26.6. The van der Waals surface area contributed by atoms with Gasteiger partial charge in [-0.1, -0.05) is 33.1 Å². The van der Waals surface area contributed by atoms with Gasteiger partial charge in [0.2, 0.25) is 11.8 Å². The van der Waals surface area contributed by atoms with Crippen molar-refractivity contribution in [2.24, 2.45) is 23.2 Å². The van der Waals surface area contributed by atoms with E-state index in [1.165, 1.54) is 11.8 Å². The van der Waals surface area contributed by atoms with Gasteiger partial charge in [0, 0.05) is 12.1 Å². The van der Waals surface area contributed by atoms with E-state index in [0.717, 1.165) is 19.3 Å². The Morgan fingerprint density at radius 2 is 1.64 bits per heavy atom. The quantitative estimate of drug-likeness (QED) is 0.259. The number of ketones is 1. The van der Waals surface area contributed by atoms with Crippen LogP contribution >= 0.6 is 0 Å². The highest BCUT2D eigenvalue weighted by Crippen LogP contribution is 2.64. The average molecular weight is 594 g/mol. The van der Waals surface area contributed by atoms with Crippen LogP contribution in [0.5, 0.6) is 0 Å². The molecule has 2 aliphatic carbocycles. The zero-order chi connectivity index (χ0) is 31.8. The smallest absolute Gasteiger partial charge is 0.407 e. The lowest BCUT2D eigenvalue weighted by Gasteiger charge is -2.36. The second kappa shape index (κ2) is 12.4. The predicted octanol–water partition coefficient (Wildman–Crippen LogP) is 2.09. The number of nitrogens with zero attached hydrogens (tertiary/aromatic N) is 1. The van der Waals surface area contributed by atoms with Crippen molar-refractivity contribution in [1.82, 2.24) is 26.2 Å². The molecule has 0 radical (unpaired) electrons. The summed E-state index contributed by atoms with van der Waals surface area (Å²) in [7, 11) is 0. The molecule has 5 N–H and O–H groups in total. The van der Waals surface area contributed by atoms with E-state index in [-0.39, 0.29) is 23.8 Å². The molecule has 1 heterocycles. The van der Waals surface area contributed by atoms with Crippen molar-refractivity contribution in [2.75, 3.05) is 13.1 Å². The summed E-state index contributed by atoms with van der Waals surface area (Å²) in [6.07, 6.45) is 1.46. The number of ether oxygens (including phenoxy) is 1. The van der Waals surface area contributed by atoms with Gasteiger partial charge in [0.25, 0.3) is 0 Å². The number of piperidine rings is 1. The summed E-state index contributed by atoms with van der Waals surface area (Å²) >= 11 is 0. The molecule has 0 bridgehead atoms. The molecular formula is C30H51N5O7. The number of amides is 5. The number of carbonyl (C=O) groups excluding carboxylic acids is 5. The van der Waals surface area contributed by atoms with Crippen molar-refractivity contribution in [2.45, 2.75) is 123 Å². The highest BCUT2D eigenvalue weighted by molar-refractivity contribution is 5.94. The highest BCUT2D eigenvalue weighted by atomic mass is 16.6. The molecule has 3 aliphatic rings. The van der Waals surface area contributed by atoms with Crippen LogP contribution in [0.25, 0.3) is 0 Å². The standard InChI is InChI=1S/C30H51N5O7/c1-16(36)23(37)19(13-17-11-10-12-17)32-24(38)22-21-18(30(21,8)9)15-35(22)25(39)20(33-26(40)34-28(2,3)4)14-31-27(41)42-29(5,6)7/h17-23,37H,10-15H2,1-9H3,(H,31,41)(H,32,38)(H2,33,34,40)/t18?,19?,20-,21?,22-,23?/m0/s1. The summed E-state index contributed by atoms with van der Waals surface area (Å²) in [6, 6.07) is -3.37. The molecule has 0 aromatic rings. The number of carbonyl (C=O) groups is 5. The molecule has 2 saturated carbocycles. The summed E-state index contributed by atoms with van der Waals surface area (Å²) < 4.78 is 5.30. The third kappa shape index (κ3) is 8.35. The predicted molar refractivity (Wildman–Crippen MR) is 156 cm³/mol. The fourth-order valence-electron chi connectivity index (χ4n) is 6.15. The zero-order valence-electron chi connectivity index (χ0n) is 26.6. The SMILES string of the molecule is CC(=O)C(O)C(CC1CCC1)NC(=O)[C@@H]1C2C(CN1C(=O)[C@H](CNC(=O)OC(C)(C)C)NC(=O)NC(C)(C)C)C2(C)C. The van der Waals surface area contributed by atoms with Crippen molar-refractivity contribution < 1.29 is 33.8 Å². The lowest BCUT2D eigenvalue weighted by molar-refractivity contribution is -0.143. The van der Waals surface area contributed by atoms with Gasteiger partial charge in [-0.25, -0.2) is 9.59 Å². The number of likely N-dealkylation sites (tertiary alicyclic amines) is 1. The largest absolute Gasteiger partial charge is 0.444 e. The molecule has 0 aromatic carbocycles. The molecule has 238 valence electrons. The average Bonchev–Trinajstić information content (AvgIpc) is 3.12. The van der Waals surface area contributed by atoms with Gasteiger partial charge in [0.1, 0.15) is 23.8 Å². The molecule has 6 atom stereocenters. The molecule has 3 fully saturated rings. The van der Waals surface area contributed by atoms with Gasteiger partial charge < -0.3 is 36.0 Å². The van der Waals surface area contributed by atoms with Crippen LogP contribution in [0, 0.1) is 23.2 Å². The van der Waals surface area contributed by atoms with Crippen LogP contribution in [0.15, 0.2) is 0 Å². The van der Waals surface area contributed by atoms with E-state index >= 15 is 0 Å².